The fourth-order valence-electron chi connectivity index (χ4n) is 4.12. The van der Waals surface area contributed by atoms with Crippen LogP contribution in [0.15, 0.2) is 41.5 Å². The molecule has 2 aliphatic heterocycles. The van der Waals surface area contributed by atoms with Crippen LogP contribution in [-0.4, -0.2) is 49.2 Å². The second kappa shape index (κ2) is 8.41. The molecule has 4 rings (SSSR count). The van der Waals surface area contributed by atoms with E-state index in [1.807, 2.05) is 31.3 Å². The Hall–Kier alpha value is -2.60. The van der Waals surface area contributed by atoms with Gasteiger partial charge in [0.05, 0.1) is 6.61 Å². The maximum atomic E-state index is 5.96. The van der Waals surface area contributed by atoms with Gasteiger partial charge in [-0.05, 0) is 61.6 Å². The summed E-state index contributed by atoms with van der Waals surface area (Å²) in [5, 5.41) is 3.49. The van der Waals surface area contributed by atoms with Gasteiger partial charge >= 0.3 is 0 Å². The molecule has 1 N–H and O–H groups in total. The Labute approximate surface area is 173 Å². The summed E-state index contributed by atoms with van der Waals surface area (Å²) in [7, 11) is 1.85. The molecule has 1 aromatic heterocycles. The van der Waals surface area contributed by atoms with Crippen LogP contribution in [0.4, 0.5) is 0 Å². The fraction of sp³-hybridized carbons (Fsp3) is 0.478. The molecule has 29 heavy (non-hydrogen) atoms. The number of benzene rings is 1. The summed E-state index contributed by atoms with van der Waals surface area (Å²) in [6.07, 6.45) is 4.12. The van der Waals surface area contributed by atoms with Gasteiger partial charge in [-0.15, -0.1) is 0 Å². The lowest BCUT2D eigenvalue weighted by molar-refractivity contribution is 0.156. The Kier molecular flexibility index (Phi) is 5.72. The molecular formula is C23H30N4O2. The molecule has 2 aromatic rings. The van der Waals surface area contributed by atoms with E-state index in [4.69, 9.17) is 9.47 Å². The Morgan fingerprint density at radius 2 is 2.14 bits per heavy atom. The highest BCUT2D eigenvalue weighted by atomic mass is 16.5. The number of hydrogen-bond donors (Lipinski definition) is 1. The van der Waals surface area contributed by atoms with Crippen LogP contribution >= 0.6 is 0 Å². The second-order valence-corrected chi connectivity index (χ2v) is 8.23. The molecule has 0 amide bonds. The normalized spacial score (nSPS) is 21.8. The first-order valence-corrected chi connectivity index (χ1v) is 10.3. The molecule has 1 unspecified atom stereocenters. The largest absolute Gasteiger partial charge is 0.439 e. The molecule has 1 atom stereocenters. The summed E-state index contributed by atoms with van der Waals surface area (Å²) in [6.45, 7) is 8.67. The van der Waals surface area contributed by atoms with Gasteiger partial charge in [-0.2, -0.15) is 0 Å². The van der Waals surface area contributed by atoms with Crippen molar-refractivity contribution in [2.75, 3.05) is 33.4 Å². The molecule has 154 valence electrons. The Bertz CT molecular complexity index is 890. The molecule has 0 radical (unpaired) electrons. The maximum absolute atomic E-state index is 5.96. The third-order valence-corrected chi connectivity index (χ3v) is 6.09. The van der Waals surface area contributed by atoms with Gasteiger partial charge in [-0.3, -0.25) is 4.99 Å². The summed E-state index contributed by atoms with van der Waals surface area (Å²) < 4.78 is 11.6. The first kappa shape index (κ1) is 19.7. The van der Waals surface area contributed by atoms with Crippen LogP contribution in [0.1, 0.15) is 29.5 Å². The van der Waals surface area contributed by atoms with E-state index in [0.717, 1.165) is 50.0 Å². The molecule has 2 fully saturated rings. The van der Waals surface area contributed by atoms with Crippen molar-refractivity contribution < 1.29 is 9.47 Å². The van der Waals surface area contributed by atoms with Crippen molar-refractivity contribution in [1.29, 1.82) is 0 Å². The highest BCUT2D eigenvalue weighted by Gasteiger charge is 2.42. The predicted molar refractivity (Wildman–Crippen MR) is 114 cm³/mol. The zero-order valence-electron chi connectivity index (χ0n) is 17.6. The van der Waals surface area contributed by atoms with Crippen LogP contribution in [0.25, 0.3) is 0 Å². The monoisotopic (exact) mass is 394 g/mol. The number of ether oxygens (including phenoxy) is 2. The molecule has 0 bridgehead atoms. The van der Waals surface area contributed by atoms with Crippen molar-refractivity contribution in [3.05, 3.63) is 53.2 Å². The van der Waals surface area contributed by atoms with E-state index in [1.54, 1.807) is 6.20 Å². The maximum Gasteiger partial charge on any atom is 0.219 e. The smallest absolute Gasteiger partial charge is 0.219 e. The number of likely N-dealkylation sites (tertiary alicyclic amines) is 1. The topological polar surface area (TPSA) is 59.0 Å². The van der Waals surface area contributed by atoms with Crippen LogP contribution in [0.2, 0.25) is 0 Å². The van der Waals surface area contributed by atoms with Gasteiger partial charge in [0.1, 0.15) is 5.75 Å². The van der Waals surface area contributed by atoms with Gasteiger partial charge in [-0.25, -0.2) is 4.98 Å². The minimum absolute atomic E-state index is 0.321. The van der Waals surface area contributed by atoms with Gasteiger partial charge in [0.2, 0.25) is 5.88 Å². The van der Waals surface area contributed by atoms with E-state index in [-0.39, 0.29) is 0 Å². The first-order chi connectivity index (χ1) is 14.1. The summed E-state index contributed by atoms with van der Waals surface area (Å²) in [5.41, 5.74) is 3.89. The van der Waals surface area contributed by atoms with Crippen molar-refractivity contribution in [3.63, 3.8) is 0 Å². The van der Waals surface area contributed by atoms with Crippen LogP contribution in [0, 0.1) is 19.3 Å². The van der Waals surface area contributed by atoms with E-state index >= 15 is 0 Å². The third-order valence-electron chi connectivity index (χ3n) is 6.09. The SMILES string of the molecule is CN=C(NCc1ccnc(Oc2ccc(C)c(C)c2)c1)N1CCC2(CCOC2)C1. The lowest BCUT2D eigenvalue weighted by Crippen LogP contribution is -2.41. The van der Waals surface area contributed by atoms with E-state index in [1.165, 1.54) is 17.5 Å². The number of hydrogen-bond acceptors (Lipinski definition) is 4. The van der Waals surface area contributed by atoms with Crippen molar-refractivity contribution in [1.82, 2.24) is 15.2 Å². The minimum atomic E-state index is 0.321. The number of rotatable bonds is 4. The number of aromatic nitrogens is 1. The summed E-state index contributed by atoms with van der Waals surface area (Å²) in [6, 6.07) is 10.1. The quantitative estimate of drug-likeness (QED) is 0.633. The summed E-state index contributed by atoms with van der Waals surface area (Å²) >= 11 is 0. The highest BCUT2D eigenvalue weighted by molar-refractivity contribution is 5.80. The molecule has 2 saturated heterocycles. The van der Waals surface area contributed by atoms with Crippen molar-refractivity contribution in [2.24, 2.45) is 10.4 Å². The second-order valence-electron chi connectivity index (χ2n) is 8.23. The van der Waals surface area contributed by atoms with Crippen molar-refractivity contribution in [2.45, 2.75) is 33.2 Å². The van der Waals surface area contributed by atoms with E-state index in [0.29, 0.717) is 17.8 Å². The van der Waals surface area contributed by atoms with Crippen molar-refractivity contribution in [3.8, 4) is 11.6 Å². The fourth-order valence-corrected chi connectivity index (χ4v) is 4.12. The molecule has 1 aromatic carbocycles. The van der Waals surface area contributed by atoms with E-state index in [9.17, 15) is 0 Å². The molecule has 1 spiro atoms. The average molecular weight is 395 g/mol. The number of guanidine groups is 1. The predicted octanol–water partition coefficient (Wildman–Crippen LogP) is 3.68. The molecule has 6 heteroatoms. The summed E-state index contributed by atoms with van der Waals surface area (Å²) in [4.78, 5) is 11.2. The summed E-state index contributed by atoms with van der Waals surface area (Å²) in [5.74, 6) is 2.36. The van der Waals surface area contributed by atoms with Gasteiger partial charge < -0.3 is 19.7 Å². The van der Waals surface area contributed by atoms with Gasteiger partial charge in [-0.1, -0.05) is 6.07 Å². The molecule has 6 nitrogen and oxygen atoms in total. The zero-order valence-corrected chi connectivity index (χ0v) is 17.6. The van der Waals surface area contributed by atoms with Gasteiger partial charge in [0.25, 0.3) is 0 Å². The Morgan fingerprint density at radius 1 is 1.24 bits per heavy atom. The standard InChI is InChI=1S/C23H30N4O2/c1-17-4-5-20(12-18(17)2)29-21-13-19(6-9-25-21)14-26-22(24-3)27-10-7-23(15-27)8-11-28-16-23/h4-6,9,12-13H,7-8,10-11,14-16H2,1-3H3,(H,24,26). The number of aryl methyl sites for hydroxylation is 2. The third kappa shape index (κ3) is 4.53. The lowest BCUT2D eigenvalue weighted by atomic mass is 9.87. The van der Waals surface area contributed by atoms with Gasteiger partial charge in [0, 0.05) is 51.0 Å². The Morgan fingerprint density at radius 3 is 2.90 bits per heavy atom. The van der Waals surface area contributed by atoms with Crippen LogP contribution < -0.4 is 10.1 Å². The Balaban J connectivity index is 1.37. The molecule has 0 aliphatic carbocycles. The lowest BCUT2D eigenvalue weighted by Gasteiger charge is -2.25. The van der Waals surface area contributed by atoms with Crippen LogP contribution in [-0.2, 0) is 11.3 Å². The number of nitrogens with zero attached hydrogens (tertiary/aromatic N) is 3. The van der Waals surface area contributed by atoms with Crippen molar-refractivity contribution >= 4 is 5.96 Å². The van der Waals surface area contributed by atoms with Crippen LogP contribution in [0.3, 0.4) is 0 Å². The minimum Gasteiger partial charge on any atom is -0.439 e. The number of nitrogens with one attached hydrogen (secondary N) is 1. The van der Waals surface area contributed by atoms with E-state index in [2.05, 4.69) is 40.1 Å². The molecule has 3 heterocycles. The molecule has 2 aliphatic rings. The zero-order chi connectivity index (χ0) is 20.3. The van der Waals surface area contributed by atoms with Gasteiger partial charge in [0.15, 0.2) is 5.96 Å². The van der Waals surface area contributed by atoms with E-state index < -0.39 is 0 Å². The number of pyridine rings is 1. The molecule has 0 saturated carbocycles. The highest BCUT2D eigenvalue weighted by Crippen LogP contribution is 2.38. The molecular weight excluding hydrogens is 364 g/mol. The average Bonchev–Trinajstić information content (AvgIpc) is 3.36. The first-order valence-electron chi connectivity index (χ1n) is 10.3. The number of aliphatic imine (C=N–C) groups is 1. The van der Waals surface area contributed by atoms with Crippen LogP contribution in [0.5, 0.6) is 11.6 Å².